The predicted octanol–water partition coefficient (Wildman–Crippen LogP) is 3.06. The molecule has 0 saturated heterocycles. The van der Waals surface area contributed by atoms with Gasteiger partial charge in [-0.25, -0.2) is 0 Å². The van der Waals surface area contributed by atoms with Crippen molar-refractivity contribution < 1.29 is 14.6 Å². The number of carboxylic acids is 1. The van der Waals surface area contributed by atoms with Gasteiger partial charge in [-0.15, -0.1) is 0 Å². The summed E-state index contributed by atoms with van der Waals surface area (Å²) in [6.45, 7) is 1.96. The second-order valence-electron chi connectivity index (χ2n) is 3.62. The maximum Gasteiger partial charge on any atom is 0.303 e. The molecule has 0 bridgehead atoms. The molecule has 0 aromatic heterocycles. The van der Waals surface area contributed by atoms with Crippen LogP contribution in [-0.2, 0) is 11.2 Å². The summed E-state index contributed by atoms with van der Waals surface area (Å²) in [4.78, 5) is 10.4. The highest BCUT2D eigenvalue weighted by molar-refractivity contribution is 6.32. The molecular formula is C12H15ClO3. The molecule has 16 heavy (non-hydrogen) atoms. The van der Waals surface area contributed by atoms with Gasteiger partial charge in [0, 0.05) is 6.42 Å². The van der Waals surface area contributed by atoms with Crippen LogP contribution in [0.1, 0.15) is 24.0 Å². The molecule has 0 fully saturated rings. The molecule has 1 aromatic carbocycles. The lowest BCUT2D eigenvalue weighted by atomic mass is 10.0. The average molecular weight is 243 g/mol. The van der Waals surface area contributed by atoms with Crippen LogP contribution < -0.4 is 4.74 Å². The van der Waals surface area contributed by atoms with Gasteiger partial charge in [0.05, 0.1) is 12.1 Å². The number of carboxylic acid groups (broad SMARTS) is 1. The lowest BCUT2D eigenvalue weighted by Crippen LogP contribution is -1.99. The van der Waals surface area contributed by atoms with Crippen molar-refractivity contribution in [2.75, 3.05) is 7.11 Å². The van der Waals surface area contributed by atoms with Crippen LogP contribution in [0, 0.1) is 6.92 Å². The Hall–Kier alpha value is -1.22. The summed E-state index contributed by atoms with van der Waals surface area (Å²) in [6, 6.07) is 3.75. The quantitative estimate of drug-likeness (QED) is 0.863. The highest BCUT2D eigenvalue weighted by Gasteiger charge is 2.10. The molecule has 88 valence electrons. The predicted molar refractivity (Wildman–Crippen MR) is 63.3 cm³/mol. The van der Waals surface area contributed by atoms with E-state index in [1.165, 1.54) is 0 Å². The first-order valence-corrected chi connectivity index (χ1v) is 5.47. The fraction of sp³-hybridized carbons (Fsp3) is 0.417. The molecule has 0 unspecified atom stereocenters. The monoisotopic (exact) mass is 242 g/mol. The molecule has 0 aliphatic heterocycles. The second-order valence-corrected chi connectivity index (χ2v) is 4.00. The average Bonchev–Trinajstić information content (AvgIpc) is 2.23. The number of methoxy groups -OCH3 is 1. The largest absolute Gasteiger partial charge is 0.495 e. The Morgan fingerprint density at radius 2 is 2.19 bits per heavy atom. The van der Waals surface area contributed by atoms with Gasteiger partial charge in [0.15, 0.2) is 0 Å². The molecule has 0 aliphatic carbocycles. The molecule has 4 heteroatoms. The standard InChI is InChI=1S/C12H15ClO3/c1-8-6-7-10(16-2)12(13)9(8)4-3-5-11(14)15/h6-7H,3-5H2,1-2H3,(H,14,15). The van der Waals surface area contributed by atoms with E-state index in [9.17, 15) is 4.79 Å². The van der Waals surface area contributed by atoms with E-state index in [0.717, 1.165) is 11.1 Å². The number of benzene rings is 1. The van der Waals surface area contributed by atoms with Gasteiger partial charge in [-0.2, -0.15) is 0 Å². The minimum atomic E-state index is -0.781. The molecule has 0 atom stereocenters. The van der Waals surface area contributed by atoms with E-state index in [1.807, 2.05) is 19.1 Å². The van der Waals surface area contributed by atoms with Crippen molar-refractivity contribution in [1.82, 2.24) is 0 Å². The van der Waals surface area contributed by atoms with Gasteiger partial charge in [-0.05, 0) is 37.0 Å². The minimum absolute atomic E-state index is 0.160. The summed E-state index contributed by atoms with van der Waals surface area (Å²) in [5.74, 6) is -0.144. The third kappa shape index (κ3) is 3.14. The number of ether oxygens (including phenoxy) is 1. The van der Waals surface area contributed by atoms with Crippen LogP contribution >= 0.6 is 11.6 Å². The summed E-state index contributed by atoms with van der Waals surface area (Å²) >= 11 is 6.16. The molecule has 1 rings (SSSR count). The number of rotatable bonds is 5. The fourth-order valence-corrected chi connectivity index (χ4v) is 1.96. The van der Waals surface area contributed by atoms with Crippen molar-refractivity contribution in [3.05, 3.63) is 28.3 Å². The maximum absolute atomic E-state index is 10.4. The van der Waals surface area contributed by atoms with E-state index in [-0.39, 0.29) is 6.42 Å². The number of hydrogen-bond donors (Lipinski definition) is 1. The zero-order chi connectivity index (χ0) is 12.1. The SMILES string of the molecule is COc1ccc(C)c(CCCC(=O)O)c1Cl. The molecule has 0 heterocycles. The van der Waals surface area contributed by atoms with Crippen molar-refractivity contribution in [3.63, 3.8) is 0 Å². The van der Waals surface area contributed by atoms with Gasteiger partial charge in [-0.1, -0.05) is 17.7 Å². The van der Waals surface area contributed by atoms with Gasteiger partial charge >= 0.3 is 5.97 Å². The topological polar surface area (TPSA) is 46.5 Å². The van der Waals surface area contributed by atoms with Crippen LogP contribution in [0.3, 0.4) is 0 Å². The number of hydrogen-bond acceptors (Lipinski definition) is 2. The van der Waals surface area contributed by atoms with E-state index in [2.05, 4.69) is 0 Å². The third-order valence-electron chi connectivity index (χ3n) is 2.48. The van der Waals surface area contributed by atoms with E-state index in [1.54, 1.807) is 7.11 Å². The summed E-state index contributed by atoms with van der Waals surface area (Å²) in [7, 11) is 1.57. The molecule has 3 nitrogen and oxygen atoms in total. The fourth-order valence-electron chi connectivity index (χ4n) is 1.58. The molecule has 0 radical (unpaired) electrons. The first-order valence-electron chi connectivity index (χ1n) is 5.10. The van der Waals surface area contributed by atoms with Gasteiger partial charge in [0.25, 0.3) is 0 Å². The molecular weight excluding hydrogens is 228 g/mol. The Labute approximate surface area is 100.0 Å². The first kappa shape index (κ1) is 12.8. The smallest absolute Gasteiger partial charge is 0.303 e. The van der Waals surface area contributed by atoms with E-state index in [0.29, 0.717) is 23.6 Å². The van der Waals surface area contributed by atoms with Crippen LogP contribution in [0.15, 0.2) is 12.1 Å². The summed E-state index contributed by atoms with van der Waals surface area (Å²) in [6.07, 6.45) is 1.41. The van der Waals surface area contributed by atoms with Crippen LogP contribution in [0.5, 0.6) is 5.75 Å². The number of halogens is 1. The Morgan fingerprint density at radius 1 is 1.50 bits per heavy atom. The Kier molecular flexibility index (Phi) is 4.62. The lowest BCUT2D eigenvalue weighted by molar-refractivity contribution is -0.137. The summed E-state index contributed by atoms with van der Waals surface area (Å²) in [5.41, 5.74) is 2.04. The van der Waals surface area contributed by atoms with E-state index < -0.39 is 5.97 Å². The molecule has 0 spiro atoms. The van der Waals surface area contributed by atoms with Gasteiger partial charge < -0.3 is 9.84 Å². The molecule has 1 aromatic rings. The van der Waals surface area contributed by atoms with Gasteiger partial charge in [0.1, 0.15) is 5.75 Å². The summed E-state index contributed by atoms with van der Waals surface area (Å²) in [5, 5.41) is 9.16. The highest BCUT2D eigenvalue weighted by atomic mass is 35.5. The summed E-state index contributed by atoms with van der Waals surface area (Å²) < 4.78 is 5.12. The van der Waals surface area contributed by atoms with Crippen molar-refractivity contribution >= 4 is 17.6 Å². The molecule has 0 aliphatic rings. The molecule has 0 amide bonds. The van der Waals surface area contributed by atoms with Gasteiger partial charge in [0.2, 0.25) is 0 Å². The molecule has 1 N–H and O–H groups in total. The van der Waals surface area contributed by atoms with Crippen molar-refractivity contribution in [3.8, 4) is 5.75 Å². The van der Waals surface area contributed by atoms with Crippen molar-refractivity contribution in [2.45, 2.75) is 26.2 Å². The zero-order valence-electron chi connectivity index (χ0n) is 9.42. The lowest BCUT2D eigenvalue weighted by Gasteiger charge is -2.11. The van der Waals surface area contributed by atoms with E-state index in [4.69, 9.17) is 21.4 Å². The Morgan fingerprint density at radius 3 is 2.75 bits per heavy atom. The Balaban J connectivity index is 2.81. The van der Waals surface area contributed by atoms with Crippen LogP contribution in [0.4, 0.5) is 0 Å². The zero-order valence-corrected chi connectivity index (χ0v) is 10.2. The van der Waals surface area contributed by atoms with Crippen molar-refractivity contribution in [2.24, 2.45) is 0 Å². The number of aliphatic carboxylic acids is 1. The first-order chi connectivity index (χ1) is 7.56. The van der Waals surface area contributed by atoms with Gasteiger partial charge in [-0.3, -0.25) is 4.79 Å². The molecule has 0 saturated carbocycles. The van der Waals surface area contributed by atoms with E-state index >= 15 is 0 Å². The second kappa shape index (κ2) is 5.75. The maximum atomic E-state index is 10.4. The third-order valence-corrected chi connectivity index (χ3v) is 2.89. The highest BCUT2D eigenvalue weighted by Crippen LogP contribution is 2.31. The van der Waals surface area contributed by atoms with Crippen LogP contribution in [-0.4, -0.2) is 18.2 Å². The minimum Gasteiger partial charge on any atom is -0.495 e. The van der Waals surface area contributed by atoms with Crippen LogP contribution in [0.2, 0.25) is 5.02 Å². The number of aryl methyl sites for hydroxylation is 1. The number of carbonyl (C=O) groups is 1. The Bertz CT molecular complexity index is 388. The normalized spacial score (nSPS) is 10.2. The van der Waals surface area contributed by atoms with Crippen molar-refractivity contribution in [1.29, 1.82) is 0 Å². The van der Waals surface area contributed by atoms with Crippen LogP contribution in [0.25, 0.3) is 0 Å².